The number of aryl methyl sites for hydroxylation is 1. The Bertz CT molecular complexity index is 674. The number of anilines is 1. The van der Waals surface area contributed by atoms with Gasteiger partial charge in [-0.25, -0.2) is 19.9 Å². The Hall–Kier alpha value is -2.57. The van der Waals surface area contributed by atoms with Crippen molar-refractivity contribution in [3.8, 4) is 5.95 Å². The molecule has 0 amide bonds. The molecule has 3 rings (SSSR count). The zero-order valence-corrected chi connectivity index (χ0v) is 9.07. The predicted molar refractivity (Wildman–Crippen MR) is 61.4 cm³/mol. The highest BCUT2D eigenvalue weighted by molar-refractivity contribution is 5.85. The third-order valence-corrected chi connectivity index (χ3v) is 2.31. The molecule has 0 saturated carbocycles. The van der Waals surface area contributed by atoms with Crippen molar-refractivity contribution in [2.45, 2.75) is 6.92 Å². The summed E-state index contributed by atoms with van der Waals surface area (Å²) in [6.07, 6.45) is 4.90. The van der Waals surface area contributed by atoms with Gasteiger partial charge in [0.1, 0.15) is 11.6 Å². The van der Waals surface area contributed by atoms with E-state index in [1.54, 1.807) is 36.3 Å². The summed E-state index contributed by atoms with van der Waals surface area (Å²) >= 11 is 0. The molecule has 0 unspecified atom stereocenters. The molecule has 0 atom stereocenters. The molecule has 0 aliphatic carbocycles. The van der Waals surface area contributed by atoms with Gasteiger partial charge in [0.05, 0.1) is 11.6 Å². The van der Waals surface area contributed by atoms with Gasteiger partial charge in [-0.2, -0.15) is 9.78 Å². The maximum Gasteiger partial charge on any atom is 0.252 e. The Balaban J connectivity index is 2.32. The number of fused-ring (bicyclic) bond motifs is 1. The number of aromatic nitrogens is 6. The molecule has 0 bridgehead atoms. The number of hydrogen-bond donors (Lipinski definition) is 1. The molecule has 0 saturated heterocycles. The summed E-state index contributed by atoms with van der Waals surface area (Å²) < 4.78 is 1.54. The third-order valence-electron chi connectivity index (χ3n) is 2.31. The van der Waals surface area contributed by atoms with E-state index in [0.717, 1.165) is 0 Å². The topological polar surface area (TPSA) is 95.4 Å². The van der Waals surface area contributed by atoms with Crippen LogP contribution in [0.1, 0.15) is 5.82 Å². The van der Waals surface area contributed by atoms with Crippen molar-refractivity contribution < 1.29 is 0 Å². The first-order valence-corrected chi connectivity index (χ1v) is 5.01. The van der Waals surface area contributed by atoms with E-state index in [-0.39, 0.29) is 0 Å². The molecule has 0 aliphatic rings. The smallest absolute Gasteiger partial charge is 0.252 e. The molecule has 7 heteroatoms. The second-order valence-electron chi connectivity index (χ2n) is 3.50. The van der Waals surface area contributed by atoms with Crippen molar-refractivity contribution >= 4 is 16.9 Å². The van der Waals surface area contributed by atoms with Crippen molar-refractivity contribution in [3.05, 3.63) is 30.5 Å². The van der Waals surface area contributed by atoms with E-state index >= 15 is 0 Å². The SMILES string of the molecule is Cc1nc(N)c2cnn(-c3ncccn3)c2n1. The van der Waals surface area contributed by atoms with Crippen LogP contribution in [0.4, 0.5) is 5.82 Å². The zero-order chi connectivity index (χ0) is 11.8. The van der Waals surface area contributed by atoms with Crippen molar-refractivity contribution in [1.29, 1.82) is 0 Å². The molecular formula is C10H9N7. The van der Waals surface area contributed by atoms with Gasteiger partial charge in [-0.15, -0.1) is 0 Å². The number of nitrogen functional groups attached to an aromatic ring is 1. The van der Waals surface area contributed by atoms with Gasteiger partial charge < -0.3 is 5.73 Å². The van der Waals surface area contributed by atoms with Crippen LogP contribution >= 0.6 is 0 Å². The Morgan fingerprint density at radius 1 is 1.18 bits per heavy atom. The van der Waals surface area contributed by atoms with E-state index in [1.165, 1.54) is 0 Å². The summed E-state index contributed by atoms with van der Waals surface area (Å²) in [6.45, 7) is 1.78. The van der Waals surface area contributed by atoms with E-state index in [0.29, 0.717) is 28.6 Å². The molecule has 17 heavy (non-hydrogen) atoms. The molecule has 0 aromatic carbocycles. The molecule has 7 nitrogen and oxygen atoms in total. The van der Waals surface area contributed by atoms with Gasteiger partial charge in [0.2, 0.25) is 0 Å². The van der Waals surface area contributed by atoms with E-state index in [4.69, 9.17) is 5.73 Å². The fourth-order valence-corrected chi connectivity index (χ4v) is 1.59. The standard InChI is InChI=1S/C10H9N7/c1-6-15-8(11)7-5-14-17(9(7)16-6)10-12-3-2-4-13-10/h2-5H,1H3,(H2,11,15,16). The van der Waals surface area contributed by atoms with Gasteiger partial charge in [0, 0.05) is 12.4 Å². The lowest BCUT2D eigenvalue weighted by Gasteiger charge is -2.01. The third kappa shape index (κ3) is 1.48. The normalized spacial score (nSPS) is 10.9. The molecule has 3 aromatic heterocycles. The molecule has 84 valence electrons. The van der Waals surface area contributed by atoms with Crippen LogP contribution < -0.4 is 5.73 Å². The van der Waals surface area contributed by atoms with Gasteiger partial charge in [0.15, 0.2) is 5.65 Å². The minimum Gasteiger partial charge on any atom is -0.383 e. The Morgan fingerprint density at radius 3 is 2.71 bits per heavy atom. The minimum absolute atomic E-state index is 0.412. The summed E-state index contributed by atoms with van der Waals surface area (Å²) in [5, 5.41) is 4.87. The maximum atomic E-state index is 5.80. The average Bonchev–Trinajstić information content (AvgIpc) is 2.74. The first-order chi connectivity index (χ1) is 8.25. The van der Waals surface area contributed by atoms with Gasteiger partial charge in [-0.3, -0.25) is 0 Å². The lowest BCUT2D eigenvalue weighted by Crippen LogP contribution is -2.04. The van der Waals surface area contributed by atoms with Gasteiger partial charge in [-0.05, 0) is 13.0 Å². The van der Waals surface area contributed by atoms with Crippen LogP contribution in [0.15, 0.2) is 24.7 Å². The lowest BCUT2D eigenvalue weighted by molar-refractivity contribution is 0.819. The van der Waals surface area contributed by atoms with Crippen molar-refractivity contribution in [3.63, 3.8) is 0 Å². The minimum atomic E-state index is 0.412. The van der Waals surface area contributed by atoms with Crippen LogP contribution in [0.5, 0.6) is 0 Å². The summed E-state index contributed by atoms with van der Waals surface area (Å²) in [4.78, 5) is 16.6. The highest BCUT2D eigenvalue weighted by Gasteiger charge is 2.11. The Morgan fingerprint density at radius 2 is 1.94 bits per heavy atom. The second-order valence-corrected chi connectivity index (χ2v) is 3.50. The molecule has 0 radical (unpaired) electrons. The molecular weight excluding hydrogens is 218 g/mol. The van der Waals surface area contributed by atoms with E-state index in [9.17, 15) is 0 Å². The van der Waals surface area contributed by atoms with Gasteiger partial charge in [0.25, 0.3) is 5.95 Å². The maximum absolute atomic E-state index is 5.80. The van der Waals surface area contributed by atoms with E-state index < -0.39 is 0 Å². The summed E-state index contributed by atoms with van der Waals surface area (Å²) in [7, 11) is 0. The van der Waals surface area contributed by atoms with E-state index in [2.05, 4.69) is 25.0 Å². The van der Waals surface area contributed by atoms with Crippen LogP contribution in [-0.2, 0) is 0 Å². The quantitative estimate of drug-likeness (QED) is 0.650. The van der Waals surface area contributed by atoms with Gasteiger partial charge >= 0.3 is 0 Å². The van der Waals surface area contributed by atoms with Crippen LogP contribution in [0.2, 0.25) is 0 Å². The fourth-order valence-electron chi connectivity index (χ4n) is 1.59. The average molecular weight is 227 g/mol. The Labute approximate surface area is 96.4 Å². The van der Waals surface area contributed by atoms with Crippen LogP contribution in [0.25, 0.3) is 17.0 Å². The largest absolute Gasteiger partial charge is 0.383 e. The molecule has 0 aliphatic heterocycles. The Kier molecular flexibility index (Phi) is 1.97. The number of rotatable bonds is 1. The summed E-state index contributed by atoms with van der Waals surface area (Å²) in [5.41, 5.74) is 6.42. The summed E-state index contributed by atoms with van der Waals surface area (Å²) in [6, 6.07) is 1.74. The van der Waals surface area contributed by atoms with Crippen molar-refractivity contribution in [1.82, 2.24) is 29.7 Å². The predicted octanol–water partition coefficient (Wildman–Crippen LogP) is 0.496. The van der Waals surface area contributed by atoms with E-state index in [1.807, 2.05) is 0 Å². The van der Waals surface area contributed by atoms with Crippen molar-refractivity contribution in [2.75, 3.05) is 5.73 Å². The molecule has 0 fully saturated rings. The number of nitrogens with two attached hydrogens (primary N) is 1. The fraction of sp³-hybridized carbons (Fsp3) is 0.100. The summed E-state index contributed by atoms with van der Waals surface area (Å²) in [5.74, 6) is 1.46. The lowest BCUT2D eigenvalue weighted by atomic mass is 10.4. The number of nitrogens with zero attached hydrogens (tertiary/aromatic N) is 6. The van der Waals surface area contributed by atoms with Gasteiger partial charge in [-0.1, -0.05) is 0 Å². The van der Waals surface area contributed by atoms with Crippen LogP contribution in [0.3, 0.4) is 0 Å². The molecule has 0 spiro atoms. The first kappa shape index (κ1) is 9.64. The monoisotopic (exact) mass is 227 g/mol. The molecule has 2 N–H and O–H groups in total. The van der Waals surface area contributed by atoms with Crippen LogP contribution in [-0.4, -0.2) is 29.7 Å². The zero-order valence-electron chi connectivity index (χ0n) is 9.07. The molecule has 3 heterocycles. The molecule has 3 aromatic rings. The number of hydrogen-bond acceptors (Lipinski definition) is 6. The highest BCUT2D eigenvalue weighted by atomic mass is 15.4. The highest BCUT2D eigenvalue weighted by Crippen LogP contribution is 2.18. The van der Waals surface area contributed by atoms with Crippen LogP contribution in [0, 0.1) is 6.92 Å². The second kappa shape index (κ2) is 3.48. The van der Waals surface area contributed by atoms with Crippen molar-refractivity contribution in [2.24, 2.45) is 0 Å². The first-order valence-electron chi connectivity index (χ1n) is 5.01.